The molecule has 164 valence electrons. The number of hydrogen-bond acceptors (Lipinski definition) is 6. The van der Waals surface area contributed by atoms with Gasteiger partial charge in [0.05, 0.1) is 24.7 Å². The Morgan fingerprint density at radius 3 is 2.59 bits per heavy atom. The van der Waals surface area contributed by atoms with Crippen LogP contribution in [0.3, 0.4) is 0 Å². The Bertz CT molecular complexity index is 609. The summed E-state index contributed by atoms with van der Waals surface area (Å²) in [5, 5.41) is 17.4. The van der Waals surface area contributed by atoms with Crippen LogP contribution in [0.2, 0.25) is 0 Å². The van der Waals surface area contributed by atoms with Crippen LogP contribution in [-0.4, -0.2) is 74.9 Å². The fourth-order valence-corrected chi connectivity index (χ4v) is 2.75. The first kappa shape index (κ1) is 25.5. The fourth-order valence-electron chi connectivity index (χ4n) is 2.75. The van der Waals surface area contributed by atoms with Gasteiger partial charge in [-0.3, -0.25) is 15.0 Å². The highest BCUT2D eigenvalue weighted by atomic mass is 127. The summed E-state index contributed by atoms with van der Waals surface area (Å²) in [7, 11) is 0. The minimum Gasteiger partial charge on any atom is -0.382 e. The summed E-state index contributed by atoms with van der Waals surface area (Å²) in [4.78, 5) is 17.3. The van der Waals surface area contributed by atoms with Crippen LogP contribution in [0.5, 0.6) is 0 Å². The molecule has 1 saturated heterocycles. The highest BCUT2D eigenvalue weighted by Gasteiger charge is 2.10. The SMILES string of the molecule is CCOCCCNC(=NCc1ccc([N+](=O)[O-])cc1)NCCN1CCOCC1.I. The molecule has 1 aromatic carbocycles. The number of hydrogen-bond donors (Lipinski definition) is 2. The maximum absolute atomic E-state index is 10.8. The topological polar surface area (TPSA) is 101 Å². The summed E-state index contributed by atoms with van der Waals surface area (Å²) >= 11 is 0. The number of aliphatic imine (C=N–C) groups is 1. The van der Waals surface area contributed by atoms with E-state index >= 15 is 0 Å². The highest BCUT2D eigenvalue weighted by molar-refractivity contribution is 14.0. The second-order valence-corrected chi connectivity index (χ2v) is 6.45. The van der Waals surface area contributed by atoms with Crippen LogP contribution in [-0.2, 0) is 16.0 Å². The van der Waals surface area contributed by atoms with Crippen molar-refractivity contribution < 1.29 is 14.4 Å². The number of morpholine rings is 1. The average Bonchev–Trinajstić information content (AvgIpc) is 2.72. The number of nitrogens with one attached hydrogen (secondary N) is 2. The number of guanidine groups is 1. The number of nitrogens with zero attached hydrogens (tertiary/aromatic N) is 3. The van der Waals surface area contributed by atoms with Crippen LogP contribution in [0, 0.1) is 10.1 Å². The van der Waals surface area contributed by atoms with Gasteiger partial charge in [-0.05, 0) is 18.9 Å². The Hall–Kier alpha value is -1.50. The summed E-state index contributed by atoms with van der Waals surface area (Å²) in [5.74, 6) is 0.739. The minimum atomic E-state index is -0.397. The van der Waals surface area contributed by atoms with Crippen LogP contribution in [0.1, 0.15) is 18.9 Å². The van der Waals surface area contributed by atoms with Crippen molar-refractivity contribution in [1.82, 2.24) is 15.5 Å². The van der Waals surface area contributed by atoms with Crippen molar-refractivity contribution in [2.24, 2.45) is 4.99 Å². The molecule has 1 fully saturated rings. The van der Waals surface area contributed by atoms with Gasteiger partial charge < -0.3 is 20.1 Å². The van der Waals surface area contributed by atoms with E-state index in [0.717, 1.165) is 70.5 Å². The molecule has 1 heterocycles. The van der Waals surface area contributed by atoms with Gasteiger partial charge in [-0.1, -0.05) is 12.1 Å². The minimum absolute atomic E-state index is 0. The van der Waals surface area contributed by atoms with Crippen molar-refractivity contribution >= 4 is 35.6 Å². The van der Waals surface area contributed by atoms with Gasteiger partial charge in [0.25, 0.3) is 5.69 Å². The van der Waals surface area contributed by atoms with Crippen molar-refractivity contribution in [3.8, 4) is 0 Å². The first-order chi connectivity index (χ1) is 13.7. The molecule has 0 spiro atoms. The summed E-state index contributed by atoms with van der Waals surface area (Å²) in [6.45, 7) is 9.85. The molecule has 9 nitrogen and oxygen atoms in total. The van der Waals surface area contributed by atoms with E-state index < -0.39 is 4.92 Å². The van der Waals surface area contributed by atoms with E-state index in [4.69, 9.17) is 9.47 Å². The molecule has 0 aromatic heterocycles. The fraction of sp³-hybridized carbons (Fsp3) is 0.632. The van der Waals surface area contributed by atoms with Gasteiger partial charge in [-0.2, -0.15) is 0 Å². The van der Waals surface area contributed by atoms with Crippen molar-refractivity contribution in [2.45, 2.75) is 19.9 Å². The largest absolute Gasteiger partial charge is 0.382 e. The van der Waals surface area contributed by atoms with Gasteiger partial charge in [0.15, 0.2) is 5.96 Å². The molecule has 0 radical (unpaired) electrons. The van der Waals surface area contributed by atoms with E-state index in [-0.39, 0.29) is 29.7 Å². The lowest BCUT2D eigenvalue weighted by molar-refractivity contribution is -0.384. The quantitative estimate of drug-likeness (QED) is 0.115. The van der Waals surface area contributed by atoms with Crippen molar-refractivity contribution in [3.05, 3.63) is 39.9 Å². The van der Waals surface area contributed by atoms with E-state index in [1.54, 1.807) is 12.1 Å². The van der Waals surface area contributed by atoms with Crippen molar-refractivity contribution in [2.75, 3.05) is 59.2 Å². The molecule has 1 aliphatic rings. The zero-order valence-electron chi connectivity index (χ0n) is 17.0. The molecule has 2 rings (SSSR count). The Kier molecular flexibility index (Phi) is 13.5. The molecule has 0 amide bonds. The number of non-ortho nitro benzene ring substituents is 1. The number of rotatable bonds is 11. The lowest BCUT2D eigenvalue weighted by Gasteiger charge is -2.26. The molecule has 0 atom stereocenters. The number of halogens is 1. The second kappa shape index (κ2) is 15.4. The number of ether oxygens (including phenoxy) is 2. The third kappa shape index (κ3) is 10.7. The molecular weight excluding hydrogens is 489 g/mol. The summed E-state index contributed by atoms with van der Waals surface area (Å²) < 4.78 is 10.7. The van der Waals surface area contributed by atoms with Crippen LogP contribution >= 0.6 is 24.0 Å². The van der Waals surface area contributed by atoms with Gasteiger partial charge in [0, 0.05) is 58.1 Å². The lowest BCUT2D eigenvalue weighted by Crippen LogP contribution is -2.44. The Morgan fingerprint density at radius 1 is 1.24 bits per heavy atom. The molecule has 29 heavy (non-hydrogen) atoms. The molecular formula is C19H32IN5O4. The van der Waals surface area contributed by atoms with E-state index in [1.807, 2.05) is 6.92 Å². The number of nitro benzene ring substituents is 1. The molecule has 1 aromatic rings. The summed E-state index contributed by atoms with van der Waals surface area (Å²) in [6.07, 6.45) is 0.898. The molecule has 0 unspecified atom stereocenters. The molecule has 1 aliphatic heterocycles. The first-order valence-corrected chi connectivity index (χ1v) is 9.82. The average molecular weight is 521 g/mol. The van der Waals surface area contributed by atoms with Crippen LogP contribution < -0.4 is 10.6 Å². The zero-order valence-corrected chi connectivity index (χ0v) is 19.3. The monoisotopic (exact) mass is 521 g/mol. The second-order valence-electron chi connectivity index (χ2n) is 6.45. The van der Waals surface area contributed by atoms with Crippen LogP contribution in [0.4, 0.5) is 5.69 Å². The van der Waals surface area contributed by atoms with Gasteiger partial charge in [0.1, 0.15) is 0 Å². The third-order valence-electron chi connectivity index (χ3n) is 4.35. The number of benzene rings is 1. The Morgan fingerprint density at radius 2 is 1.93 bits per heavy atom. The van der Waals surface area contributed by atoms with Gasteiger partial charge in [0.2, 0.25) is 0 Å². The summed E-state index contributed by atoms with van der Waals surface area (Å²) in [6, 6.07) is 6.49. The van der Waals surface area contributed by atoms with Crippen molar-refractivity contribution in [3.63, 3.8) is 0 Å². The van der Waals surface area contributed by atoms with Gasteiger partial charge >= 0.3 is 0 Å². The predicted molar refractivity (Wildman–Crippen MR) is 124 cm³/mol. The standard InChI is InChI=1S/C19H31N5O4.HI/c1-2-27-13-3-8-20-19(21-9-10-23-11-14-28-15-12-23)22-16-17-4-6-18(7-5-17)24(25)26;/h4-7H,2-3,8-16H2,1H3,(H2,20,21,22);1H. The Labute approximate surface area is 189 Å². The Balaban J connectivity index is 0.00000420. The van der Waals surface area contributed by atoms with E-state index in [9.17, 15) is 10.1 Å². The molecule has 0 aliphatic carbocycles. The molecule has 0 saturated carbocycles. The first-order valence-electron chi connectivity index (χ1n) is 9.82. The van der Waals surface area contributed by atoms with Crippen molar-refractivity contribution in [1.29, 1.82) is 0 Å². The van der Waals surface area contributed by atoms with E-state index in [2.05, 4.69) is 20.5 Å². The van der Waals surface area contributed by atoms with Gasteiger partial charge in [-0.25, -0.2) is 4.99 Å². The smallest absolute Gasteiger partial charge is 0.269 e. The van der Waals surface area contributed by atoms with E-state index in [0.29, 0.717) is 13.2 Å². The normalized spacial score (nSPS) is 14.9. The highest BCUT2D eigenvalue weighted by Crippen LogP contribution is 2.12. The number of nitro groups is 1. The van der Waals surface area contributed by atoms with E-state index in [1.165, 1.54) is 12.1 Å². The maximum atomic E-state index is 10.8. The molecule has 10 heteroatoms. The predicted octanol–water partition coefficient (Wildman–Crippen LogP) is 2.01. The zero-order chi connectivity index (χ0) is 20.0. The van der Waals surface area contributed by atoms with Crippen LogP contribution in [0.15, 0.2) is 29.3 Å². The molecule has 2 N–H and O–H groups in total. The maximum Gasteiger partial charge on any atom is 0.269 e. The molecule has 0 bridgehead atoms. The van der Waals surface area contributed by atoms with Gasteiger partial charge in [-0.15, -0.1) is 24.0 Å². The summed E-state index contributed by atoms with van der Waals surface area (Å²) in [5.41, 5.74) is 1.01. The lowest BCUT2D eigenvalue weighted by atomic mass is 10.2. The third-order valence-corrected chi connectivity index (χ3v) is 4.35. The van der Waals surface area contributed by atoms with Crippen LogP contribution in [0.25, 0.3) is 0 Å².